The van der Waals surface area contributed by atoms with E-state index in [4.69, 9.17) is 0 Å². The summed E-state index contributed by atoms with van der Waals surface area (Å²) in [6, 6.07) is 3.77. The van der Waals surface area contributed by atoms with Gasteiger partial charge in [0, 0.05) is 19.3 Å². The smallest absolute Gasteiger partial charge is 0.269 e. The van der Waals surface area contributed by atoms with Crippen molar-refractivity contribution in [2.45, 2.75) is 13.3 Å². The summed E-state index contributed by atoms with van der Waals surface area (Å²) in [6.07, 6.45) is 2.60. The van der Waals surface area contributed by atoms with Crippen molar-refractivity contribution in [1.82, 2.24) is 15.2 Å². The van der Waals surface area contributed by atoms with Crippen molar-refractivity contribution in [3.63, 3.8) is 0 Å². The van der Waals surface area contributed by atoms with E-state index in [1.165, 1.54) is 0 Å². The molecule has 0 bridgehead atoms. The summed E-state index contributed by atoms with van der Waals surface area (Å²) in [6.45, 7) is 3.53. The number of likely N-dealkylation sites (N-methyl/N-ethyl adjacent to an activating group) is 1. The molecule has 0 aliphatic rings. The third-order valence-electron chi connectivity index (χ3n) is 2.31. The number of hydrogen-bond acceptors (Lipinski definition) is 3. The van der Waals surface area contributed by atoms with Crippen LogP contribution in [0.3, 0.4) is 0 Å². The fourth-order valence-corrected chi connectivity index (χ4v) is 1.30. The van der Waals surface area contributed by atoms with E-state index >= 15 is 0 Å². The highest BCUT2D eigenvalue weighted by Gasteiger charge is 2.06. The molecule has 0 spiro atoms. The van der Waals surface area contributed by atoms with Crippen molar-refractivity contribution in [1.29, 1.82) is 0 Å². The lowest BCUT2D eigenvalue weighted by molar-refractivity contribution is 0.0946. The number of amides is 1. The van der Waals surface area contributed by atoms with Crippen molar-refractivity contribution in [3.8, 4) is 0 Å². The molecule has 0 saturated heterocycles. The Morgan fingerprint density at radius 3 is 2.88 bits per heavy atom. The number of nitrogens with one attached hydrogen (secondary N) is 1. The Morgan fingerprint density at radius 2 is 2.25 bits per heavy atom. The normalized spacial score (nSPS) is 10.5. The van der Waals surface area contributed by atoms with Crippen LogP contribution >= 0.6 is 0 Å². The van der Waals surface area contributed by atoms with E-state index in [1.54, 1.807) is 6.20 Å². The van der Waals surface area contributed by atoms with Crippen molar-refractivity contribution >= 4 is 5.91 Å². The van der Waals surface area contributed by atoms with Gasteiger partial charge in [0.2, 0.25) is 0 Å². The van der Waals surface area contributed by atoms with Crippen LogP contribution in [-0.2, 0) is 6.42 Å². The van der Waals surface area contributed by atoms with Gasteiger partial charge in [0.1, 0.15) is 5.69 Å². The Labute approximate surface area is 96.7 Å². The molecule has 0 radical (unpaired) electrons. The molecule has 1 heterocycles. The Morgan fingerprint density at radius 1 is 1.50 bits per heavy atom. The molecule has 4 heteroatoms. The Bertz CT molecular complexity index is 350. The van der Waals surface area contributed by atoms with Crippen LogP contribution < -0.4 is 5.32 Å². The maximum Gasteiger partial charge on any atom is 0.269 e. The number of carbonyl (C=O) groups is 1. The first-order valence-electron chi connectivity index (χ1n) is 5.51. The average Bonchev–Trinajstić information content (AvgIpc) is 2.28. The fraction of sp³-hybridized carbons (Fsp3) is 0.500. The minimum absolute atomic E-state index is 0.0999. The maximum absolute atomic E-state index is 11.7. The number of aromatic nitrogens is 1. The molecule has 0 aliphatic heterocycles. The zero-order chi connectivity index (χ0) is 12.0. The number of aryl methyl sites for hydroxylation is 1. The van der Waals surface area contributed by atoms with Crippen LogP contribution in [0.4, 0.5) is 0 Å². The lowest BCUT2D eigenvalue weighted by Gasteiger charge is -2.10. The molecule has 4 nitrogen and oxygen atoms in total. The van der Waals surface area contributed by atoms with Gasteiger partial charge in [-0.2, -0.15) is 0 Å². The first-order valence-corrected chi connectivity index (χ1v) is 5.51. The first kappa shape index (κ1) is 12.6. The lowest BCUT2D eigenvalue weighted by Crippen LogP contribution is -2.31. The van der Waals surface area contributed by atoms with Crippen LogP contribution in [0.1, 0.15) is 23.0 Å². The molecule has 1 N–H and O–H groups in total. The van der Waals surface area contributed by atoms with Crippen LogP contribution in [0.2, 0.25) is 0 Å². The van der Waals surface area contributed by atoms with Crippen LogP contribution in [0.15, 0.2) is 18.3 Å². The largest absolute Gasteiger partial charge is 0.349 e. The summed E-state index contributed by atoms with van der Waals surface area (Å²) in [4.78, 5) is 17.8. The highest BCUT2D eigenvalue weighted by atomic mass is 16.1. The zero-order valence-corrected chi connectivity index (χ0v) is 10.2. The van der Waals surface area contributed by atoms with Gasteiger partial charge in [0.25, 0.3) is 5.91 Å². The van der Waals surface area contributed by atoms with E-state index in [0.717, 1.165) is 18.5 Å². The van der Waals surface area contributed by atoms with Crippen molar-refractivity contribution in [2.24, 2.45) is 0 Å². The van der Waals surface area contributed by atoms with Crippen LogP contribution in [-0.4, -0.2) is 43.0 Å². The molecular formula is C12H19N3O. The van der Waals surface area contributed by atoms with Crippen molar-refractivity contribution in [3.05, 3.63) is 29.6 Å². The standard InChI is InChI=1S/C12H19N3O/c1-4-10-5-6-13-11(9-10)12(16)14-7-8-15(2)3/h5-6,9H,4,7-8H2,1-3H3,(H,14,16). The average molecular weight is 221 g/mol. The molecule has 1 aromatic heterocycles. The Balaban J connectivity index is 2.52. The van der Waals surface area contributed by atoms with E-state index in [9.17, 15) is 4.79 Å². The van der Waals surface area contributed by atoms with Gasteiger partial charge in [-0.15, -0.1) is 0 Å². The lowest BCUT2D eigenvalue weighted by atomic mass is 10.2. The molecule has 1 rings (SSSR count). The third kappa shape index (κ3) is 3.98. The highest BCUT2D eigenvalue weighted by molar-refractivity contribution is 5.92. The van der Waals surface area contributed by atoms with Gasteiger partial charge in [0.05, 0.1) is 0 Å². The number of nitrogens with zero attached hydrogens (tertiary/aromatic N) is 2. The van der Waals surface area contributed by atoms with Gasteiger partial charge in [-0.25, -0.2) is 0 Å². The molecule has 0 saturated carbocycles. The second-order valence-electron chi connectivity index (χ2n) is 3.96. The van der Waals surface area contributed by atoms with Crippen LogP contribution in [0, 0.1) is 0 Å². The number of pyridine rings is 1. The number of rotatable bonds is 5. The van der Waals surface area contributed by atoms with E-state index in [1.807, 2.05) is 31.1 Å². The third-order valence-corrected chi connectivity index (χ3v) is 2.31. The van der Waals surface area contributed by atoms with Crippen molar-refractivity contribution < 1.29 is 4.79 Å². The highest BCUT2D eigenvalue weighted by Crippen LogP contribution is 2.02. The predicted molar refractivity (Wildman–Crippen MR) is 64.5 cm³/mol. The molecule has 0 aromatic carbocycles. The van der Waals surface area contributed by atoms with Crippen LogP contribution in [0.5, 0.6) is 0 Å². The summed E-state index contributed by atoms with van der Waals surface area (Å²) in [5, 5.41) is 2.84. The molecule has 0 atom stereocenters. The maximum atomic E-state index is 11.7. The Kier molecular flexibility index (Phi) is 4.92. The summed E-state index contributed by atoms with van der Waals surface area (Å²) in [5.41, 5.74) is 1.63. The zero-order valence-electron chi connectivity index (χ0n) is 10.2. The van der Waals surface area contributed by atoms with Gasteiger partial charge in [0.15, 0.2) is 0 Å². The second-order valence-corrected chi connectivity index (χ2v) is 3.96. The van der Waals surface area contributed by atoms with E-state index in [0.29, 0.717) is 12.2 Å². The molecule has 0 aliphatic carbocycles. The van der Waals surface area contributed by atoms with E-state index < -0.39 is 0 Å². The van der Waals surface area contributed by atoms with E-state index in [2.05, 4.69) is 17.2 Å². The topological polar surface area (TPSA) is 45.2 Å². The predicted octanol–water partition coefficient (Wildman–Crippen LogP) is 0.935. The molecule has 1 aromatic rings. The quantitative estimate of drug-likeness (QED) is 0.804. The molecule has 0 fully saturated rings. The van der Waals surface area contributed by atoms with Gasteiger partial charge >= 0.3 is 0 Å². The molecule has 1 amide bonds. The van der Waals surface area contributed by atoms with Gasteiger partial charge in [-0.05, 0) is 38.2 Å². The van der Waals surface area contributed by atoms with Crippen molar-refractivity contribution in [2.75, 3.05) is 27.2 Å². The van der Waals surface area contributed by atoms with Gasteiger partial charge < -0.3 is 10.2 Å². The number of carbonyl (C=O) groups excluding carboxylic acids is 1. The summed E-state index contributed by atoms with van der Waals surface area (Å²) in [7, 11) is 3.95. The Hall–Kier alpha value is -1.42. The van der Waals surface area contributed by atoms with Crippen LogP contribution in [0.25, 0.3) is 0 Å². The molecule has 0 unspecified atom stereocenters. The second kappa shape index (κ2) is 6.23. The van der Waals surface area contributed by atoms with Gasteiger partial charge in [-0.3, -0.25) is 9.78 Å². The first-order chi connectivity index (χ1) is 7.63. The molecule has 16 heavy (non-hydrogen) atoms. The molecule has 88 valence electrons. The van der Waals surface area contributed by atoms with Gasteiger partial charge in [-0.1, -0.05) is 6.92 Å². The summed E-state index contributed by atoms with van der Waals surface area (Å²) < 4.78 is 0. The SMILES string of the molecule is CCc1ccnc(C(=O)NCCN(C)C)c1. The molecular weight excluding hydrogens is 202 g/mol. The number of hydrogen-bond donors (Lipinski definition) is 1. The fourth-order valence-electron chi connectivity index (χ4n) is 1.30. The van der Waals surface area contributed by atoms with E-state index in [-0.39, 0.29) is 5.91 Å². The minimum Gasteiger partial charge on any atom is -0.349 e. The monoisotopic (exact) mass is 221 g/mol. The summed E-state index contributed by atoms with van der Waals surface area (Å²) >= 11 is 0. The summed E-state index contributed by atoms with van der Waals surface area (Å²) in [5.74, 6) is -0.0999. The minimum atomic E-state index is -0.0999.